The second-order valence-electron chi connectivity index (χ2n) is 7.42. The van der Waals surface area contributed by atoms with Crippen LogP contribution >= 0.6 is 0 Å². The van der Waals surface area contributed by atoms with Gasteiger partial charge in [0.25, 0.3) is 0 Å². The standard InChI is InChI=1S/C25H30BNO6/c1-4-25(5-2,6-3)27-23-19-13-14-20-24(23)30-33-26(31-28-21-15-9-7-10-16-21)32-29-22-17-11-8-12-18-22/h7-20,27H,4-6H2,1-3H3. The van der Waals surface area contributed by atoms with Gasteiger partial charge in [0.05, 0.1) is 5.69 Å². The van der Waals surface area contributed by atoms with E-state index in [4.69, 9.17) is 29.1 Å². The molecular formula is C25H30BNO6. The van der Waals surface area contributed by atoms with Crippen molar-refractivity contribution >= 4 is 13.0 Å². The molecule has 1 N–H and O–H groups in total. The van der Waals surface area contributed by atoms with Crippen LogP contribution in [-0.4, -0.2) is 12.9 Å². The second kappa shape index (κ2) is 12.7. The molecule has 0 spiro atoms. The highest BCUT2D eigenvalue weighted by Gasteiger charge is 2.31. The molecule has 0 aromatic heterocycles. The topological polar surface area (TPSA) is 67.4 Å². The lowest BCUT2D eigenvalue weighted by Crippen LogP contribution is -2.36. The maximum absolute atomic E-state index is 5.58. The Hall–Kier alpha value is -3.20. The summed E-state index contributed by atoms with van der Waals surface area (Å²) in [4.78, 5) is 32.1. The molecule has 33 heavy (non-hydrogen) atoms. The van der Waals surface area contributed by atoms with Crippen LogP contribution in [0.15, 0.2) is 84.9 Å². The minimum atomic E-state index is -1.44. The van der Waals surface area contributed by atoms with Gasteiger partial charge in [-0.3, -0.25) is 0 Å². The predicted octanol–water partition coefficient (Wildman–Crippen LogP) is 6.38. The summed E-state index contributed by atoms with van der Waals surface area (Å²) in [5, 5.41) is 3.60. The molecule has 0 aliphatic carbocycles. The molecule has 0 atom stereocenters. The van der Waals surface area contributed by atoms with E-state index in [0.29, 0.717) is 17.2 Å². The molecule has 174 valence electrons. The van der Waals surface area contributed by atoms with Gasteiger partial charge in [-0.25, -0.2) is 0 Å². The number of hydrogen-bond donors (Lipinski definition) is 1. The van der Waals surface area contributed by atoms with Gasteiger partial charge < -0.3 is 20.0 Å². The second-order valence-corrected chi connectivity index (χ2v) is 7.42. The molecule has 7 nitrogen and oxygen atoms in total. The lowest BCUT2D eigenvalue weighted by Gasteiger charge is -2.33. The molecule has 0 aliphatic heterocycles. The zero-order valence-corrected chi connectivity index (χ0v) is 19.2. The van der Waals surface area contributed by atoms with E-state index in [9.17, 15) is 0 Å². The highest BCUT2D eigenvalue weighted by atomic mass is 17.3. The van der Waals surface area contributed by atoms with Gasteiger partial charge in [0.1, 0.15) is 0 Å². The summed E-state index contributed by atoms with van der Waals surface area (Å²) in [7, 11) is -1.44. The molecule has 0 saturated heterocycles. The van der Waals surface area contributed by atoms with E-state index in [2.05, 4.69) is 26.1 Å². The van der Waals surface area contributed by atoms with E-state index in [0.717, 1.165) is 24.9 Å². The first kappa shape index (κ1) is 24.4. The minimum Gasteiger partial charge on any atom is -0.377 e. The van der Waals surface area contributed by atoms with Crippen molar-refractivity contribution in [2.24, 2.45) is 0 Å². The number of nitrogens with one attached hydrogen (secondary N) is 1. The monoisotopic (exact) mass is 451 g/mol. The molecule has 3 aromatic carbocycles. The highest BCUT2D eigenvalue weighted by molar-refractivity contribution is 6.35. The molecule has 0 radical (unpaired) electrons. The third kappa shape index (κ3) is 7.42. The molecule has 3 aromatic rings. The molecule has 0 heterocycles. The van der Waals surface area contributed by atoms with Gasteiger partial charge in [0.2, 0.25) is 0 Å². The number of anilines is 1. The Bertz CT molecular complexity index is 888. The van der Waals surface area contributed by atoms with Gasteiger partial charge in [0.15, 0.2) is 17.2 Å². The Balaban J connectivity index is 1.67. The maximum Gasteiger partial charge on any atom is 0.754 e. The Morgan fingerprint density at radius 3 is 1.58 bits per heavy atom. The van der Waals surface area contributed by atoms with Crippen LogP contribution in [0.3, 0.4) is 0 Å². The fourth-order valence-electron chi connectivity index (χ4n) is 3.22. The van der Waals surface area contributed by atoms with Gasteiger partial charge >= 0.3 is 7.32 Å². The van der Waals surface area contributed by atoms with Crippen LogP contribution in [0.4, 0.5) is 5.69 Å². The smallest absolute Gasteiger partial charge is 0.377 e. The van der Waals surface area contributed by atoms with Gasteiger partial charge in [-0.05, 0) is 55.7 Å². The fourth-order valence-corrected chi connectivity index (χ4v) is 3.22. The zero-order chi connectivity index (χ0) is 23.4. The van der Waals surface area contributed by atoms with Gasteiger partial charge in [0, 0.05) is 5.54 Å². The fraction of sp³-hybridized carbons (Fsp3) is 0.280. The van der Waals surface area contributed by atoms with E-state index >= 15 is 0 Å². The number of rotatable bonds is 14. The van der Waals surface area contributed by atoms with Crippen LogP contribution in [0, 0.1) is 0 Å². The Labute approximate surface area is 195 Å². The van der Waals surface area contributed by atoms with Crippen molar-refractivity contribution in [2.75, 3.05) is 5.32 Å². The quantitative estimate of drug-likeness (QED) is 0.173. The Morgan fingerprint density at radius 2 is 1.06 bits per heavy atom. The first-order valence-corrected chi connectivity index (χ1v) is 11.2. The van der Waals surface area contributed by atoms with Crippen LogP contribution < -0.4 is 20.0 Å². The average Bonchev–Trinajstić information content (AvgIpc) is 2.89. The van der Waals surface area contributed by atoms with Crippen LogP contribution in [0.25, 0.3) is 0 Å². The van der Waals surface area contributed by atoms with Crippen molar-refractivity contribution in [2.45, 2.75) is 45.6 Å². The maximum atomic E-state index is 5.58. The van der Waals surface area contributed by atoms with Gasteiger partial charge in [-0.2, -0.15) is 14.4 Å². The largest absolute Gasteiger partial charge is 0.754 e. The predicted molar refractivity (Wildman–Crippen MR) is 127 cm³/mol. The molecule has 0 fully saturated rings. The molecule has 0 saturated carbocycles. The Morgan fingerprint density at radius 1 is 0.606 bits per heavy atom. The molecular weight excluding hydrogens is 421 g/mol. The minimum absolute atomic E-state index is 0.0430. The summed E-state index contributed by atoms with van der Waals surface area (Å²) < 4.78 is 0. The van der Waals surface area contributed by atoms with E-state index in [1.165, 1.54) is 0 Å². The lowest BCUT2D eigenvalue weighted by atomic mass is 9.89. The van der Waals surface area contributed by atoms with Gasteiger partial charge in [-0.15, -0.1) is 0 Å². The average molecular weight is 451 g/mol. The van der Waals surface area contributed by atoms with Crippen molar-refractivity contribution < 1.29 is 29.1 Å². The first-order chi connectivity index (χ1) is 16.2. The zero-order valence-electron chi connectivity index (χ0n) is 19.2. The third-order valence-electron chi connectivity index (χ3n) is 5.47. The number of para-hydroxylation sites is 4. The van der Waals surface area contributed by atoms with E-state index in [1.54, 1.807) is 30.3 Å². The molecule has 0 unspecified atom stereocenters. The van der Waals surface area contributed by atoms with Crippen molar-refractivity contribution in [3.05, 3.63) is 84.9 Å². The van der Waals surface area contributed by atoms with E-state index in [1.807, 2.05) is 54.6 Å². The van der Waals surface area contributed by atoms with Crippen molar-refractivity contribution in [1.29, 1.82) is 0 Å². The summed E-state index contributed by atoms with van der Waals surface area (Å²) in [5.74, 6) is 1.42. The molecule has 0 bridgehead atoms. The molecule has 0 amide bonds. The van der Waals surface area contributed by atoms with Crippen LogP contribution in [0.2, 0.25) is 0 Å². The summed E-state index contributed by atoms with van der Waals surface area (Å²) >= 11 is 0. The van der Waals surface area contributed by atoms with Crippen molar-refractivity contribution in [3.8, 4) is 17.2 Å². The van der Waals surface area contributed by atoms with Crippen molar-refractivity contribution in [1.82, 2.24) is 0 Å². The summed E-state index contributed by atoms with van der Waals surface area (Å²) in [6, 6.07) is 25.4. The normalized spacial score (nSPS) is 11.0. The lowest BCUT2D eigenvalue weighted by molar-refractivity contribution is -0.262. The van der Waals surface area contributed by atoms with E-state index in [-0.39, 0.29) is 5.54 Å². The number of benzene rings is 3. The summed E-state index contributed by atoms with van der Waals surface area (Å²) in [5.41, 5.74) is 0.758. The highest BCUT2D eigenvalue weighted by Crippen LogP contribution is 2.32. The van der Waals surface area contributed by atoms with Crippen LogP contribution in [-0.2, 0) is 14.4 Å². The molecule has 8 heteroatoms. The first-order valence-electron chi connectivity index (χ1n) is 11.2. The third-order valence-corrected chi connectivity index (χ3v) is 5.47. The SMILES string of the molecule is CCC(CC)(CC)Nc1ccccc1OOB(OOc1ccccc1)OOc1ccccc1. The van der Waals surface area contributed by atoms with Gasteiger partial charge in [-0.1, -0.05) is 69.3 Å². The Kier molecular flexibility index (Phi) is 9.44. The molecule has 0 aliphatic rings. The van der Waals surface area contributed by atoms with E-state index < -0.39 is 7.32 Å². The van der Waals surface area contributed by atoms with Crippen LogP contribution in [0.5, 0.6) is 17.2 Å². The number of hydrogen-bond acceptors (Lipinski definition) is 7. The summed E-state index contributed by atoms with van der Waals surface area (Å²) in [6.07, 6.45) is 2.92. The summed E-state index contributed by atoms with van der Waals surface area (Å²) in [6.45, 7) is 6.50. The van der Waals surface area contributed by atoms with Crippen molar-refractivity contribution in [3.63, 3.8) is 0 Å². The molecule has 3 rings (SSSR count). The van der Waals surface area contributed by atoms with Crippen LogP contribution in [0.1, 0.15) is 40.0 Å².